The number of imidazole rings is 1. The van der Waals surface area contributed by atoms with E-state index >= 15 is 0 Å². The maximum atomic E-state index is 14.5. The van der Waals surface area contributed by atoms with Crippen molar-refractivity contribution < 1.29 is 22.7 Å². The van der Waals surface area contributed by atoms with Gasteiger partial charge in [-0.3, -0.25) is 14.3 Å². The highest BCUT2D eigenvalue weighted by atomic mass is 32.2. The summed E-state index contributed by atoms with van der Waals surface area (Å²) in [6.07, 6.45) is 3.43. The number of benzene rings is 3. The summed E-state index contributed by atoms with van der Waals surface area (Å²) in [4.78, 5) is 36.6. The fourth-order valence-electron chi connectivity index (χ4n) is 5.78. The summed E-state index contributed by atoms with van der Waals surface area (Å²) in [5.41, 5.74) is 0.857. The van der Waals surface area contributed by atoms with Crippen LogP contribution in [0.15, 0.2) is 101 Å². The van der Waals surface area contributed by atoms with E-state index in [2.05, 4.69) is 16.0 Å². The zero-order valence-electron chi connectivity index (χ0n) is 25.1. The standard InChI is InChI=1S/C33H30N6O6S/c1-44-26-9-11-30(29(21-26)45-2)46(42,43)39-27-10-8-23(22-34)20-28(27)38(33(39)41)31(24-6-4-3-5-7-24)32(40)37-18-16-36(17-19-37)25-12-14-35-15-13-25/h3-15,20-21,31H,16-19H2,1-2H3. The quantitative estimate of drug-likeness (QED) is 0.251. The van der Waals surface area contributed by atoms with E-state index in [0.29, 0.717) is 41.5 Å². The first-order valence-electron chi connectivity index (χ1n) is 14.4. The molecule has 12 nitrogen and oxygen atoms in total. The number of ether oxygens (including phenoxy) is 2. The average molecular weight is 639 g/mol. The Morgan fingerprint density at radius 1 is 0.891 bits per heavy atom. The monoisotopic (exact) mass is 638 g/mol. The third-order valence-electron chi connectivity index (χ3n) is 8.08. The second-order valence-corrected chi connectivity index (χ2v) is 12.3. The molecule has 234 valence electrons. The Hall–Kier alpha value is -5.61. The first kappa shape index (κ1) is 30.4. The normalized spacial score (nSPS) is 14.1. The lowest BCUT2D eigenvalue weighted by Crippen LogP contribution is -2.51. The molecule has 13 heteroatoms. The van der Waals surface area contributed by atoms with Gasteiger partial charge in [0.25, 0.3) is 15.9 Å². The molecule has 0 radical (unpaired) electrons. The van der Waals surface area contributed by atoms with Crippen molar-refractivity contribution in [3.63, 3.8) is 0 Å². The molecule has 0 bridgehead atoms. The van der Waals surface area contributed by atoms with E-state index in [9.17, 15) is 23.3 Å². The molecule has 0 spiro atoms. The Morgan fingerprint density at radius 2 is 1.61 bits per heavy atom. The number of carbonyl (C=O) groups excluding carboxylic acids is 1. The van der Waals surface area contributed by atoms with Gasteiger partial charge in [-0.2, -0.15) is 9.23 Å². The molecule has 0 aliphatic carbocycles. The van der Waals surface area contributed by atoms with Gasteiger partial charge in [-0.1, -0.05) is 30.3 Å². The number of hydrogen-bond donors (Lipinski definition) is 0. The lowest BCUT2D eigenvalue weighted by Gasteiger charge is -2.37. The van der Waals surface area contributed by atoms with Crippen LogP contribution in [0.2, 0.25) is 0 Å². The summed E-state index contributed by atoms with van der Waals surface area (Å²) in [6.45, 7) is 1.86. The summed E-state index contributed by atoms with van der Waals surface area (Å²) in [5.74, 6) is -0.0323. The molecule has 1 saturated heterocycles. The molecule has 5 aromatic rings. The van der Waals surface area contributed by atoms with Crippen LogP contribution < -0.4 is 20.1 Å². The summed E-state index contributed by atoms with van der Waals surface area (Å²) < 4.78 is 41.0. The van der Waals surface area contributed by atoms with E-state index in [0.717, 1.165) is 5.69 Å². The van der Waals surface area contributed by atoms with Gasteiger partial charge in [0, 0.05) is 50.3 Å². The SMILES string of the molecule is COc1ccc(S(=O)(=O)n2c(=O)n(C(C(=O)N3CCN(c4ccncc4)CC3)c3ccccc3)c3cc(C#N)ccc32)c(OC)c1. The Kier molecular flexibility index (Phi) is 8.21. The number of carbonyl (C=O) groups is 1. The number of aromatic nitrogens is 3. The maximum Gasteiger partial charge on any atom is 0.344 e. The number of rotatable bonds is 8. The first-order chi connectivity index (χ1) is 22.3. The fraction of sp³-hybridized carbons (Fsp3) is 0.212. The second kappa shape index (κ2) is 12.4. The van der Waals surface area contributed by atoms with Crippen LogP contribution in [0.5, 0.6) is 11.5 Å². The molecule has 1 unspecified atom stereocenters. The molecule has 0 N–H and O–H groups in total. The van der Waals surface area contributed by atoms with E-state index in [1.54, 1.807) is 47.6 Å². The van der Waals surface area contributed by atoms with E-state index in [4.69, 9.17) is 9.47 Å². The van der Waals surface area contributed by atoms with Crippen LogP contribution in [0.1, 0.15) is 17.2 Å². The van der Waals surface area contributed by atoms with Gasteiger partial charge < -0.3 is 19.3 Å². The molecule has 46 heavy (non-hydrogen) atoms. The van der Waals surface area contributed by atoms with Crippen molar-refractivity contribution in [2.75, 3.05) is 45.3 Å². The summed E-state index contributed by atoms with van der Waals surface area (Å²) in [7, 11) is -1.83. The van der Waals surface area contributed by atoms with Gasteiger partial charge in [0.2, 0.25) is 0 Å². The Morgan fingerprint density at radius 3 is 2.26 bits per heavy atom. The van der Waals surface area contributed by atoms with Crippen LogP contribution in [0.25, 0.3) is 11.0 Å². The van der Waals surface area contributed by atoms with Crippen LogP contribution in [0.3, 0.4) is 0 Å². The lowest BCUT2D eigenvalue weighted by atomic mass is 10.0. The van der Waals surface area contributed by atoms with Crippen LogP contribution in [-0.2, 0) is 14.8 Å². The van der Waals surface area contributed by atoms with Crippen molar-refractivity contribution in [3.8, 4) is 17.6 Å². The molecule has 1 amide bonds. The second-order valence-electron chi connectivity index (χ2n) is 10.6. The molecular formula is C33H30N6O6S. The Bertz CT molecular complexity index is 2120. The number of amides is 1. The number of nitrogens with zero attached hydrogens (tertiary/aromatic N) is 6. The highest BCUT2D eigenvalue weighted by Crippen LogP contribution is 2.33. The van der Waals surface area contributed by atoms with E-state index in [1.165, 1.54) is 55.2 Å². The van der Waals surface area contributed by atoms with E-state index < -0.39 is 21.8 Å². The van der Waals surface area contributed by atoms with E-state index in [1.807, 2.05) is 12.1 Å². The first-order valence-corrected chi connectivity index (χ1v) is 15.9. The van der Waals surface area contributed by atoms with Crippen molar-refractivity contribution in [1.29, 1.82) is 5.26 Å². The number of hydrogen-bond acceptors (Lipinski definition) is 9. The minimum atomic E-state index is -4.58. The van der Waals surface area contributed by atoms with Crippen LogP contribution in [0, 0.1) is 11.3 Å². The molecule has 1 fully saturated rings. The van der Waals surface area contributed by atoms with Gasteiger partial charge in [-0.25, -0.2) is 13.2 Å². The van der Waals surface area contributed by atoms with Crippen LogP contribution in [0.4, 0.5) is 5.69 Å². The fourth-order valence-corrected chi connectivity index (χ4v) is 7.32. The molecule has 3 aromatic carbocycles. The Balaban J connectivity index is 1.51. The number of fused-ring (bicyclic) bond motifs is 1. The molecule has 2 aromatic heterocycles. The molecule has 0 saturated carbocycles. The number of piperazine rings is 1. The predicted octanol–water partition coefficient (Wildman–Crippen LogP) is 3.26. The molecule has 1 aliphatic heterocycles. The molecule has 6 rings (SSSR count). The van der Waals surface area contributed by atoms with Gasteiger partial charge in [-0.15, -0.1) is 0 Å². The number of anilines is 1. The number of nitriles is 1. The third kappa shape index (κ3) is 5.33. The van der Waals surface area contributed by atoms with Crippen molar-refractivity contribution in [3.05, 3.63) is 113 Å². The minimum Gasteiger partial charge on any atom is -0.497 e. The summed E-state index contributed by atoms with van der Waals surface area (Å²) >= 11 is 0. The van der Waals surface area contributed by atoms with Crippen LogP contribution in [-0.4, -0.2) is 73.1 Å². The predicted molar refractivity (Wildman–Crippen MR) is 171 cm³/mol. The minimum absolute atomic E-state index is 0.0121. The molecule has 1 aliphatic rings. The van der Waals surface area contributed by atoms with Crippen molar-refractivity contribution in [1.82, 2.24) is 18.4 Å². The van der Waals surface area contributed by atoms with Crippen LogP contribution >= 0.6 is 0 Å². The topological polar surface area (TPSA) is 140 Å². The zero-order valence-corrected chi connectivity index (χ0v) is 25.9. The zero-order chi connectivity index (χ0) is 32.4. The third-order valence-corrected chi connectivity index (χ3v) is 9.81. The smallest absolute Gasteiger partial charge is 0.344 e. The van der Waals surface area contributed by atoms with Crippen molar-refractivity contribution >= 4 is 32.7 Å². The van der Waals surface area contributed by atoms with Crippen molar-refractivity contribution in [2.24, 2.45) is 0 Å². The molecule has 1 atom stereocenters. The maximum absolute atomic E-state index is 14.5. The van der Waals surface area contributed by atoms with Crippen molar-refractivity contribution in [2.45, 2.75) is 10.9 Å². The van der Waals surface area contributed by atoms with Gasteiger partial charge in [-0.05, 0) is 48.0 Å². The summed E-state index contributed by atoms with van der Waals surface area (Å²) in [5, 5.41) is 9.73. The molecular weight excluding hydrogens is 608 g/mol. The summed E-state index contributed by atoms with van der Waals surface area (Å²) in [6, 6.07) is 21.8. The molecule has 3 heterocycles. The van der Waals surface area contributed by atoms with Gasteiger partial charge in [0.1, 0.15) is 22.4 Å². The van der Waals surface area contributed by atoms with E-state index in [-0.39, 0.29) is 33.1 Å². The van der Waals surface area contributed by atoms with Gasteiger partial charge >= 0.3 is 5.69 Å². The highest BCUT2D eigenvalue weighted by molar-refractivity contribution is 7.90. The highest BCUT2D eigenvalue weighted by Gasteiger charge is 2.36. The van der Waals surface area contributed by atoms with Gasteiger partial charge in [0.15, 0.2) is 0 Å². The Labute approximate surface area is 265 Å². The lowest BCUT2D eigenvalue weighted by molar-refractivity contribution is -0.133. The number of pyridine rings is 1. The average Bonchev–Trinajstić information content (AvgIpc) is 3.40. The largest absolute Gasteiger partial charge is 0.497 e. The number of methoxy groups -OCH3 is 2. The van der Waals surface area contributed by atoms with Gasteiger partial charge in [0.05, 0.1) is 36.9 Å².